The zero-order valence-corrected chi connectivity index (χ0v) is 20.6. The minimum absolute atomic E-state index is 0.0132. The highest BCUT2D eigenvalue weighted by Gasteiger charge is 2.27. The number of amides is 1. The third-order valence-electron chi connectivity index (χ3n) is 4.82. The van der Waals surface area contributed by atoms with E-state index in [1.807, 2.05) is 27.7 Å². The quantitative estimate of drug-likeness (QED) is 0.439. The lowest BCUT2D eigenvalue weighted by Crippen LogP contribution is -2.38. The van der Waals surface area contributed by atoms with Gasteiger partial charge in [0.05, 0.1) is 23.3 Å². The number of sulfonamides is 1. The number of aryl methyl sites for hydroxylation is 1. The van der Waals surface area contributed by atoms with Crippen molar-refractivity contribution in [1.82, 2.24) is 0 Å². The summed E-state index contributed by atoms with van der Waals surface area (Å²) in [6.07, 6.45) is -0.0132. The van der Waals surface area contributed by atoms with Gasteiger partial charge in [-0.15, -0.1) is 0 Å². The topological polar surface area (TPSA) is 84.9 Å². The van der Waals surface area contributed by atoms with Gasteiger partial charge in [-0.3, -0.25) is 9.10 Å². The Labute approximate surface area is 201 Å². The number of hydrogen-bond donors (Lipinski definition) is 1. The van der Waals surface area contributed by atoms with E-state index in [0.29, 0.717) is 29.5 Å². The molecule has 3 aromatic carbocycles. The molecule has 7 nitrogen and oxygen atoms in total. The molecule has 0 aliphatic heterocycles. The van der Waals surface area contributed by atoms with Crippen molar-refractivity contribution in [3.63, 3.8) is 0 Å². The van der Waals surface area contributed by atoms with Crippen molar-refractivity contribution >= 4 is 27.3 Å². The smallest absolute Gasteiger partial charge is 0.264 e. The molecule has 8 heteroatoms. The maximum Gasteiger partial charge on any atom is 0.264 e. The minimum Gasteiger partial charge on any atom is -0.494 e. The molecular weight excluding hydrogens is 452 g/mol. The van der Waals surface area contributed by atoms with Gasteiger partial charge in [0, 0.05) is 11.8 Å². The first-order valence-electron chi connectivity index (χ1n) is 11.1. The Morgan fingerprint density at radius 3 is 2.26 bits per heavy atom. The van der Waals surface area contributed by atoms with Gasteiger partial charge in [0.15, 0.2) is 0 Å². The van der Waals surface area contributed by atoms with E-state index in [-0.39, 0.29) is 11.0 Å². The Balaban J connectivity index is 1.89. The summed E-state index contributed by atoms with van der Waals surface area (Å²) >= 11 is 0. The van der Waals surface area contributed by atoms with Crippen LogP contribution in [0.2, 0.25) is 0 Å². The SMILES string of the molecule is CCOc1ccc(N(CC(=O)Nc2cccc(OC(C)C)c2)S(=O)(=O)c2ccc(C)cc2)cc1. The monoisotopic (exact) mass is 482 g/mol. The van der Waals surface area contributed by atoms with E-state index in [1.54, 1.807) is 60.7 Å². The Morgan fingerprint density at radius 2 is 1.65 bits per heavy atom. The lowest BCUT2D eigenvalue weighted by atomic mass is 10.2. The maximum atomic E-state index is 13.5. The summed E-state index contributed by atoms with van der Waals surface area (Å²) in [4.78, 5) is 13.1. The second-order valence-corrected chi connectivity index (χ2v) is 9.86. The lowest BCUT2D eigenvalue weighted by Gasteiger charge is -2.24. The highest BCUT2D eigenvalue weighted by Crippen LogP contribution is 2.26. The molecule has 180 valence electrons. The molecule has 0 fully saturated rings. The summed E-state index contributed by atoms with van der Waals surface area (Å²) in [5.41, 5.74) is 1.81. The van der Waals surface area contributed by atoms with Crippen molar-refractivity contribution in [2.24, 2.45) is 0 Å². The van der Waals surface area contributed by atoms with Crippen LogP contribution in [0.3, 0.4) is 0 Å². The van der Waals surface area contributed by atoms with Gasteiger partial charge in [-0.2, -0.15) is 0 Å². The van der Waals surface area contributed by atoms with E-state index in [9.17, 15) is 13.2 Å². The maximum absolute atomic E-state index is 13.5. The minimum atomic E-state index is -4.00. The van der Waals surface area contributed by atoms with E-state index >= 15 is 0 Å². The summed E-state index contributed by atoms with van der Waals surface area (Å²) in [5, 5.41) is 2.77. The van der Waals surface area contributed by atoms with Crippen LogP contribution < -0.4 is 19.1 Å². The standard InChI is InChI=1S/C26H30N2O5S/c1-5-32-23-13-11-22(12-14-23)28(34(30,31)25-15-9-20(4)10-16-25)18-26(29)27-21-7-6-8-24(17-21)33-19(2)3/h6-17,19H,5,18H2,1-4H3,(H,27,29). The molecule has 0 aliphatic carbocycles. The number of nitrogens with zero attached hydrogens (tertiary/aromatic N) is 1. The average molecular weight is 483 g/mol. The molecule has 0 saturated carbocycles. The summed E-state index contributed by atoms with van der Waals surface area (Å²) in [6, 6.07) is 20.1. The summed E-state index contributed by atoms with van der Waals surface area (Å²) in [6.45, 7) is 7.66. The molecule has 0 radical (unpaired) electrons. The van der Waals surface area contributed by atoms with Crippen molar-refractivity contribution in [2.45, 2.75) is 38.7 Å². The number of hydrogen-bond acceptors (Lipinski definition) is 5. The van der Waals surface area contributed by atoms with Crippen LogP contribution in [-0.2, 0) is 14.8 Å². The fraction of sp³-hybridized carbons (Fsp3) is 0.269. The van der Waals surface area contributed by atoms with Gasteiger partial charge in [0.25, 0.3) is 10.0 Å². The van der Waals surface area contributed by atoms with Crippen LogP contribution in [0.4, 0.5) is 11.4 Å². The van der Waals surface area contributed by atoms with E-state index in [2.05, 4.69) is 5.32 Å². The number of carbonyl (C=O) groups is 1. The summed E-state index contributed by atoms with van der Waals surface area (Å²) in [7, 11) is -4.00. The Morgan fingerprint density at radius 1 is 0.971 bits per heavy atom. The molecular formula is C26H30N2O5S. The molecule has 0 saturated heterocycles. The molecule has 0 spiro atoms. The lowest BCUT2D eigenvalue weighted by molar-refractivity contribution is -0.114. The van der Waals surface area contributed by atoms with Gasteiger partial charge >= 0.3 is 0 Å². The Hall–Kier alpha value is -3.52. The number of nitrogens with one attached hydrogen (secondary N) is 1. The van der Waals surface area contributed by atoms with Crippen molar-refractivity contribution < 1.29 is 22.7 Å². The van der Waals surface area contributed by atoms with E-state index in [4.69, 9.17) is 9.47 Å². The molecule has 0 heterocycles. The third-order valence-corrected chi connectivity index (χ3v) is 6.61. The number of benzene rings is 3. The first-order chi connectivity index (χ1) is 16.2. The predicted molar refractivity (Wildman–Crippen MR) is 134 cm³/mol. The molecule has 3 aromatic rings. The van der Waals surface area contributed by atoms with Crippen LogP contribution in [0.25, 0.3) is 0 Å². The largest absolute Gasteiger partial charge is 0.494 e. The number of ether oxygens (including phenoxy) is 2. The fourth-order valence-corrected chi connectivity index (χ4v) is 4.70. The number of carbonyl (C=O) groups excluding carboxylic acids is 1. The van der Waals surface area contributed by atoms with Crippen LogP contribution >= 0.6 is 0 Å². The summed E-state index contributed by atoms with van der Waals surface area (Å²) in [5.74, 6) is 0.750. The Kier molecular flexibility index (Phi) is 8.17. The highest BCUT2D eigenvalue weighted by atomic mass is 32.2. The molecule has 0 aromatic heterocycles. The van der Waals surface area contributed by atoms with Gasteiger partial charge in [-0.1, -0.05) is 23.8 Å². The molecule has 1 N–H and O–H groups in total. The molecule has 34 heavy (non-hydrogen) atoms. The van der Waals surface area contributed by atoms with Crippen LogP contribution in [0.5, 0.6) is 11.5 Å². The van der Waals surface area contributed by atoms with E-state index in [1.165, 1.54) is 12.1 Å². The van der Waals surface area contributed by atoms with E-state index in [0.717, 1.165) is 9.87 Å². The van der Waals surface area contributed by atoms with Gasteiger partial charge in [0.2, 0.25) is 5.91 Å². The highest BCUT2D eigenvalue weighted by molar-refractivity contribution is 7.92. The zero-order valence-electron chi connectivity index (χ0n) is 19.8. The third kappa shape index (κ3) is 6.51. The average Bonchev–Trinajstić information content (AvgIpc) is 2.78. The van der Waals surface area contributed by atoms with Crippen molar-refractivity contribution in [3.8, 4) is 11.5 Å². The van der Waals surface area contributed by atoms with Crippen LogP contribution in [0.15, 0.2) is 77.7 Å². The fourth-order valence-electron chi connectivity index (χ4n) is 3.28. The van der Waals surface area contributed by atoms with Gasteiger partial charge < -0.3 is 14.8 Å². The zero-order chi connectivity index (χ0) is 24.7. The first kappa shape index (κ1) is 25.1. The molecule has 0 bridgehead atoms. The second kappa shape index (κ2) is 11.1. The molecule has 0 atom stereocenters. The molecule has 1 amide bonds. The van der Waals surface area contributed by atoms with Gasteiger partial charge in [-0.25, -0.2) is 8.42 Å². The molecule has 0 aliphatic rings. The number of rotatable bonds is 10. The Bertz CT molecular complexity index is 1210. The van der Waals surface area contributed by atoms with Gasteiger partial charge in [-0.05, 0) is 76.2 Å². The van der Waals surface area contributed by atoms with Crippen molar-refractivity contribution in [2.75, 3.05) is 22.8 Å². The van der Waals surface area contributed by atoms with Crippen molar-refractivity contribution in [1.29, 1.82) is 0 Å². The van der Waals surface area contributed by atoms with Crippen LogP contribution in [0.1, 0.15) is 26.3 Å². The van der Waals surface area contributed by atoms with Crippen LogP contribution in [0, 0.1) is 6.92 Å². The van der Waals surface area contributed by atoms with Gasteiger partial charge in [0.1, 0.15) is 18.0 Å². The normalized spacial score (nSPS) is 11.2. The van der Waals surface area contributed by atoms with Crippen LogP contribution in [-0.4, -0.2) is 33.6 Å². The summed E-state index contributed by atoms with van der Waals surface area (Å²) < 4.78 is 39.3. The first-order valence-corrected chi connectivity index (χ1v) is 12.5. The molecule has 3 rings (SSSR count). The number of anilines is 2. The predicted octanol–water partition coefficient (Wildman–Crippen LogP) is 5.01. The molecule has 0 unspecified atom stereocenters. The van der Waals surface area contributed by atoms with E-state index < -0.39 is 22.5 Å². The second-order valence-electron chi connectivity index (χ2n) is 7.99. The van der Waals surface area contributed by atoms with Crippen molar-refractivity contribution in [3.05, 3.63) is 78.4 Å².